The number of nitrogens with one attached hydrogen (secondary N) is 1. The van der Waals surface area contributed by atoms with E-state index in [1.165, 1.54) is 0 Å². The monoisotopic (exact) mass is 152 g/mol. The zero-order valence-corrected chi connectivity index (χ0v) is 6.49. The van der Waals surface area contributed by atoms with Gasteiger partial charge >= 0.3 is 0 Å². The van der Waals surface area contributed by atoms with E-state index in [1.807, 2.05) is 17.7 Å². The lowest BCUT2D eigenvalue weighted by atomic mass is 10.2. The van der Waals surface area contributed by atoms with E-state index in [1.54, 1.807) is 12.5 Å². The first-order chi connectivity index (χ1) is 5.20. The van der Waals surface area contributed by atoms with Crippen LogP contribution in [0, 0.1) is 5.41 Å². The van der Waals surface area contributed by atoms with E-state index in [2.05, 4.69) is 4.98 Å². The zero-order valence-electron chi connectivity index (χ0n) is 6.49. The maximum Gasteiger partial charge on any atom is 0.0948 e. The van der Waals surface area contributed by atoms with E-state index in [4.69, 9.17) is 11.1 Å². The van der Waals surface area contributed by atoms with Gasteiger partial charge in [0.15, 0.2) is 0 Å². The van der Waals surface area contributed by atoms with Crippen LogP contribution in [0.1, 0.15) is 19.4 Å². The molecule has 0 saturated heterocycles. The molecule has 4 nitrogen and oxygen atoms in total. The average Bonchev–Trinajstić information content (AvgIpc) is 2.35. The van der Waals surface area contributed by atoms with Gasteiger partial charge in [-0.1, -0.05) is 0 Å². The molecule has 0 aromatic carbocycles. The third-order valence-electron chi connectivity index (χ3n) is 1.55. The van der Waals surface area contributed by atoms with Crippen LogP contribution < -0.4 is 5.73 Å². The fourth-order valence-electron chi connectivity index (χ4n) is 0.954. The largest absolute Gasteiger partial charge is 0.388 e. The highest BCUT2D eigenvalue weighted by Crippen LogP contribution is 2.07. The molecule has 11 heavy (non-hydrogen) atoms. The van der Waals surface area contributed by atoms with Crippen LogP contribution in [0.5, 0.6) is 0 Å². The highest BCUT2D eigenvalue weighted by molar-refractivity contribution is 5.77. The van der Waals surface area contributed by atoms with Crippen molar-refractivity contribution in [3.63, 3.8) is 0 Å². The molecule has 0 bridgehead atoms. The van der Waals surface area contributed by atoms with E-state index < -0.39 is 0 Å². The first-order valence-electron chi connectivity index (χ1n) is 3.50. The van der Waals surface area contributed by atoms with Crippen LogP contribution in [0.25, 0.3) is 0 Å². The molecule has 0 aliphatic carbocycles. The number of amidine groups is 1. The van der Waals surface area contributed by atoms with Crippen molar-refractivity contribution >= 4 is 5.84 Å². The van der Waals surface area contributed by atoms with Gasteiger partial charge in [0.2, 0.25) is 0 Å². The first kappa shape index (κ1) is 7.78. The Kier molecular flexibility index (Phi) is 2.25. The number of imidazole rings is 1. The van der Waals surface area contributed by atoms with Crippen molar-refractivity contribution in [2.24, 2.45) is 5.73 Å². The molecule has 0 spiro atoms. The molecular weight excluding hydrogens is 140 g/mol. The smallest absolute Gasteiger partial charge is 0.0948 e. The van der Waals surface area contributed by atoms with Gasteiger partial charge < -0.3 is 10.3 Å². The van der Waals surface area contributed by atoms with Crippen LogP contribution in [0.2, 0.25) is 0 Å². The van der Waals surface area contributed by atoms with Gasteiger partial charge in [-0.05, 0) is 6.92 Å². The maximum atomic E-state index is 7.07. The highest BCUT2D eigenvalue weighted by atomic mass is 15.0. The predicted octanol–water partition coefficient (Wildman–Crippen LogP) is 0.770. The molecule has 1 aromatic heterocycles. The van der Waals surface area contributed by atoms with Crippen LogP contribution >= 0.6 is 0 Å². The predicted molar refractivity (Wildman–Crippen MR) is 43.5 cm³/mol. The number of hydrogen-bond donors (Lipinski definition) is 2. The number of nitrogens with two attached hydrogens (primary N) is 1. The molecule has 1 atom stereocenters. The molecule has 0 amide bonds. The molecule has 4 heteroatoms. The summed E-state index contributed by atoms with van der Waals surface area (Å²) in [6.45, 7) is 2.00. The topological polar surface area (TPSA) is 67.7 Å². The lowest BCUT2D eigenvalue weighted by Gasteiger charge is -2.10. The van der Waals surface area contributed by atoms with Crippen LogP contribution in [-0.4, -0.2) is 15.4 Å². The van der Waals surface area contributed by atoms with Crippen molar-refractivity contribution in [2.45, 2.75) is 19.4 Å². The molecule has 0 aliphatic heterocycles. The van der Waals surface area contributed by atoms with Gasteiger partial charge in [0, 0.05) is 24.9 Å². The van der Waals surface area contributed by atoms with Crippen molar-refractivity contribution in [2.75, 3.05) is 0 Å². The van der Waals surface area contributed by atoms with Crippen LogP contribution in [-0.2, 0) is 0 Å². The molecule has 1 unspecified atom stereocenters. The summed E-state index contributed by atoms with van der Waals surface area (Å²) in [7, 11) is 0. The summed E-state index contributed by atoms with van der Waals surface area (Å²) in [5.74, 6) is 0.214. The van der Waals surface area contributed by atoms with Gasteiger partial charge in [-0.25, -0.2) is 4.98 Å². The molecule has 1 aromatic rings. The minimum absolute atomic E-state index is 0.214. The Morgan fingerprint density at radius 3 is 3.00 bits per heavy atom. The van der Waals surface area contributed by atoms with E-state index in [9.17, 15) is 0 Å². The summed E-state index contributed by atoms with van der Waals surface area (Å²) < 4.78 is 1.93. The number of nitrogens with zero attached hydrogens (tertiary/aromatic N) is 2. The van der Waals surface area contributed by atoms with Gasteiger partial charge in [0.1, 0.15) is 0 Å². The third-order valence-corrected chi connectivity index (χ3v) is 1.55. The SMILES string of the molecule is CC(CC(=N)N)n1ccnc1. The van der Waals surface area contributed by atoms with Crippen molar-refractivity contribution in [1.82, 2.24) is 9.55 Å². The third kappa shape index (κ3) is 2.07. The van der Waals surface area contributed by atoms with E-state index >= 15 is 0 Å². The standard InChI is InChI=1S/C7H12N4/c1-6(4-7(8)9)11-3-2-10-5-11/h2-3,5-6H,4H2,1H3,(H3,8,9). The second kappa shape index (κ2) is 3.18. The molecule has 3 N–H and O–H groups in total. The van der Waals surface area contributed by atoms with E-state index in [0.717, 1.165) is 0 Å². The van der Waals surface area contributed by atoms with E-state index in [0.29, 0.717) is 6.42 Å². The minimum atomic E-state index is 0.214. The van der Waals surface area contributed by atoms with Crippen molar-refractivity contribution < 1.29 is 0 Å². The van der Waals surface area contributed by atoms with Crippen LogP contribution in [0.15, 0.2) is 18.7 Å². The second-order valence-electron chi connectivity index (χ2n) is 2.59. The molecule has 1 heterocycles. The summed E-state index contributed by atoms with van der Waals surface area (Å²) in [4.78, 5) is 3.90. The zero-order chi connectivity index (χ0) is 8.27. The molecule has 0 aliphatic rings. The molecule has 0 saturated carbocycles. The molecule has 1 rings (SSSR count). The van der Waals surface area contributed by atoms with Crippen molar-refractivity contribution in [3.8, 4) is 0 Å². The Labute approximate surface area is 65.6 Å². The quantitative estimate of drug-likeness (QED) is 0.496. The number of aromatic nitrogens is 2. The van der Waals surface area contributed by atoms with E-state index in [-0.39, 0.29) is 11.9 Å². The summed E-state index contributed by atoms with van der Waals surface area (Å²) in [6, 6.07) is 0.231. The fourth-order valence-corrected chi connectivity index (χ4v) is 0.954. The summed E-state index contributed by atoms with van der Waals surface area (Å²) >= 11 is 0. The molecule has 0 radical (unpaired) electrons. The van der Waals surface area contributed by atoms with Crippen molar-refractivity contribution in [1.29, 1.82) is 5.41 Å². The molecule has 0 fully saturated rings. The lowest BCUT2D eigenvalue weighted by Crippen LogP contribution is -2.15. The summed E-state index contributed by atoms with van der Waals surface area (Å²) in [6.07, 6.45) is 5.90. The van der Waals surface area contributed by atoms with Crippen LogP contribution in [0.4, 0.5) is 0 Å². The van der Waals surface area contributed by atoms with Gasteiger partial charge in [-0.3, -0.25) is 5.41 Å². The van der Waals surface area contributed by atoms with Gasteiger partial charge in [0.05, 0.1) is 12.2 Å². The van der Waals surface area contributed by atoms with Gasteiger partial charge in [0.25, 0.3) is 0 Å². The Morgan fingerprint density at radius 2 is 2.55 bits per heavy atom. The van der Waals surface area contributed by atoms with Gasteiger partial charge in [-0.15, -0.1) is 0 Å². The Bertz CT molecular complexity index is 227. The summed E-state index contributed by atoms with van der Waals surface area (Å²) in [5, 5.41) is 7.07. The second-order valence-corrected chi connectivity index (χ2v) is 2.59. The number of hydrogen-bond acceptors (Lipinski definition) is 2. The maximum absolute atomic E-state index is 7.07. The number of rotatable bonds is 3. The van der Waals surface area contributed by atoms with Gasteiger partial charge in [-0.2, -0.15) is 0 Å². The lowest BCUT2D eigenvalue weighted by molar-refractivity contribution is 0.564. The van der Waals surface area contributed by atoms with Crippen LogP contribution in [0.3, 0.4) is 0 Å². The first-order valence-corrected chi connectivity index (χ1v) is 3.50. The summed E-state index contributed by atoms with van der Waals surface area (Å²) in [5.41, 5.74) is 5.25. The molecule has 60 valence electrons. The Balaban J connectivity index is 2.56. The highest BCUT2D eigenvalue weighted by Gasteiger charge is 2.03. The normalized spacial score (nSPS) is 12.8. The Morgan fingerprint density at radius 1 is 1.82 bits per heavy atom. The minimum Gasteiger partial charge on any atom is -0.388 e. The fraction of sp³-hybridized carbons (Fsp3) is 0.429. The average molecular weight is 152 g/mol. The molecular formula is C7H12N4. The Hall–Kier alpha value is -1.32. The van der Waals surface area contributed by atoms with Crippen molar-refractivity contribution in [3.05, 3.63) is 18.7 Å².